The third-order valence-corrected chi connectivity index (χ3v) is 5.66. The quantitative estimate of drug-likeness (QED) is 0.691. The number of quaternary nitrogens is 2. The number of fused-ring (bicyclic) bond motifs is 1. The van der Waals surface area contributed by atoms with Crippen molar-refractivity contribution < 1.29 is 9.80 Å². The minimum Gasteiger partial charge on any atom is -0.372 e. The summed E-state index contributed by atoms with van der Waals surface area (Å²) in [4.78, 5) is 22.0. The van der Waals surface area contributed by atoms with E-state index in [1.165, 1.54) is 18.0 Å². The number of nitrogens with zero attached hydrogens (tertiary/aromatic N) is 1. The van der Waals surface area contributed by atoms with Gasteiger partial charge in [0.1, 0.15) is 32.7 Å². The second-order valence-corrected chi connectivity index (χ2v) is 7.34. The summed E-state index contributed by atoms with van der Waals surface area (Å²) in [7, 11) is 2.25. The summed E-state index contributed by atoms with van der Waals surface area (Å²) in [6.07, 6.45) is 0. The van der Waals surface area contributed by atoms with Crippen LogP contribution in [0.15, 0.2) is 23.0 Å². The Hall–Kier alpha value is -1.85. The SMILES string of the molecule is CCN(CC)c1ccc2[nH]c(C)c(C[NH+]3CC[NH+](C)CC3)c(=O)c2c1. The van der Waals surface area contributed by atoms with Crippen LogP contribution in [0.25, 0.3) is 10.9 Å². The maximum absolute atomic E-state index is 13.2. The van der Waals surface area contributed by atoms with Crippen LogP contribution in [0, 0.1) is 6.92 Å². The normalized spacial score (nSPS) is 20.8. The van der Waals surface area contributed by atoms with Crippen LogP contribution in [-0.2, 0) is 6.54 Å². The van der Waals surface area contributed by atoms with Crippen LogP contribution in [0.2, 0.25) is 0 Å². The minimum atomic E-state index is 0.207. The lowest BCUT2D eigenvalue weighted by atomic mass is 10.1. The third-order valence-electron chi connectivity index (χ3n) is 5.66. The van der Waals surface area contributed by atoms with E-state index in [2.05, 4.69) is 42.9 Å². The molecule has 0 unspecified atom stereocenters. The van der Waals surface area contributed by atoms with Gasteiger partial charge in [0.25, 0.3) is 0 Å². The van der Waals surface area contributed by atoms with Gasteiger partial charge in [0, 0.05) is 35.4 Å². The molecule has 2 aromatic rings. The minimum absolute atomic E-state index is 0.207. The van der Waals surface area contributed by atoms with Crippen molar-refractivity contribution in [3.05, 3.63) is 39.7 Å². The summed E-state index contributed by atoms with van der Waals surface area (Å²) >= 11 is 0. The number of piperazine rings is 1. The largest absolute Gasteiger partial charge is 0.372 e. The molecule has 3 N–H and O–H groups in total. The zero-order valence-electron chi connectivity index (χ0n) is 16.0. The standard InChI is InChI=1S/C20H30N4O/c1-5-24(6-2)16-7-8-19-17(13-16)20(25)18(15(3)21-19)14-23-11-9-22(4)10-12-23/h7-8,13H,5-6,9-12,14H2,1-4H3,(H,21,25)/p+2. The highest BCUT2D eigenvalue weighted by atomic mass is 16.1. The lowest BCUT2D eigenvalue weighted by Crippen LogP contribution is -3.26. The molecular weight excluding hydrogens is 312 g/mol. The lowest BCUT2D eigenvalue weighted by molar-refractivity contribution is -1.01. The van der Waals surface area contributed by atoms with Gasteiger partial charge in [0.05, 0.1) is 12.6 Å². The van der Waals surface area contributed by atoms with Crippen molar-refractivity contribution in [3.8, 4) is 0 Å². The number of rotatable bonds is 5. The molecule has 3 rings (SSSR count). The van der Waals surface area contributed by atoms with Crippen molar-refractivity contribution >= 4 is 16.6 Å². The molecule has 1 saturated heterocycles. The predicted molar refractivity (Wildman–Crippen MR) is 104 cm³/mol. The highest BCUT2D eigenvalue weighted by Crippen LogP contribution is 2.20. The Morgan fingerprint density at radius 1 is 1.12 bits per heavy atom. The van der Waals surface area contributed by atoms with Crippen molar-refractivity contribution in [1.82, 2.24) is 4.98 Å². The van der Waals surface area contributed by atoms with Crippen LogP contribution >= 0.6 is 0 Å². The van der Waals surface area contributed by atoms with E-state index >= 15 is 0 Å². The summed E-state index contributed by atoms with van der Waals surface area (Å²) < 4.78 is 0. The molecule has 5 nitrogen and oxygen atoms in total. The van der Waals surface area contributed by atoms with E-state index < -0.39 is 0 Å². The molecule has 0 radical (unpaired) electrons. The van der Waals surface area contributed by atoms with Crippen molar-refractivity contribution in [3.63, 3.8) is 0 Å². The molecule has 0 bridgehead atoms. The molecule has 25 heavy (non-hydrogen) atoms. The van der Waals surface area contributed by atoms with Gasteiger partial charge in [-0.05, 0) is 39.0 Å². The van der Waals surface area contributed by atoms with Crippen LogP contribution < -0.4 is 20.1 Å². The maximum Gasteiger partial charge on any atom is 0.198 e. The number of H-pyrrole nitrogens is 1. The van der Waals surface area contributed by atoms with Gasteiger partial charge in [-0.15, -0.1) is 0 Å². The van der Waals surface area contributed by atoms with E-state index in [9.17, 15) is 4.79 Å². The van der Waals surface area contributed by atoms with E-state index in [4.69, 9.17) is 0 Å². The van der Waals surface area contributed by atoms with E-state index in [0.717, 1.165) is 60.6 Å². The molecule has 0 atom stereocenters. The van der Waals surface area contributed by atoms with Gasteiger partial charge in [-0.1, -0.05) is 0 Å². The maximum atomic E-state index is 13.2. The molecule has 136 valence electrons. The van der Waals surface area contributed by atoms with Crippen molar-refractivity contribution in [1.29, 1.82) is 0 Å². The number of aromatic amines is 1. The van der Waals surface area contributed by atoms with E-state index in [1.54, 1.807) is 4.90 Å². The average Bonchev–Trinajstić information content (AvgIpc) is 2.61. The van der Waals surface area contributed by atoms with Gasteiger partial charge >= 0.3 is 0 Å². The molecule has 1 aromatic carbocycles. The van der Waals surface area contributed by atoms with Crippen molar-refractivity contribution in [2.75, 3.05) is 51.2 Å². The number of aromatic nitrogens is 1. The first-order valence-corrected chi connectivity index (χ1v) is 9.58. The van der Waals surface area contributed by atoms with Gasteiger partial charge in [-0.2, -0.15) is 0 Å². The molecule has 1 fully saturated rings. The van der Waals surface area contributed by atoms with E-state index in [0.29, 0.717) is 0 Å². The third kappa shape index (κ3) is 3.72. The van der Waals surface area contributed by atoms with Gasteiger partial charge in [-0.25, -0.2) is 0 Å². The molecule has 0 aliphatic carbocycles. The number of likely N-dealkylation sites (N-methyl/N-ethyl adjacent to an activating group) is 1. The summed E-state index contributed by atoms with van der Waals surface area (Å²) in [6, 6.07) is 6.22. The highest BCUT2D eigenvalue weighted by Gasteiger charge is 2.22. The molecule has 1 aliphatic rings. The number of nitrogens with one attached hydrogen (secondary N) is 3. The molecular formula is C20H32N4O+2. The number of aryl methyl sites for hydroxylation is 1. The average molecular weight is 345 g/mol. The Kier molecular flexibility index (Phi) is 5.45. The Morgan fingerprint density at radius 3 is 2.44 bits per heavy atom. The smallest absolute Gasteiger partial charge is 0.198 e. The van der Waals surface area contributed by atoms with E-state index in [1.807, 2.05) is 13.0 Å². The number of hydrogen-bond donors (Lipinski definition) is 3. The lowest BCUT2D eigenvalue weighted by Gasteiger charge is -2.27. The molecule has 1 aromatic heterocycles. The first kappa shape index (κ1) is 18.0. The highest BCUT2D eigenvalue weighted by molar-refractivity contribution is 5.83. The van der Waals surface area contributed by atoms with Gasteiger partial charge in [0.15, 0.2) is 5.43 Å². The van der Waals surface area contributed by atoms with Crippen LogP contribution in [0.4, 0.5) is 5.69 Å². The van der Waals surface area contributed by atoms with Gasteiger partial charge in [-0.3, -0.25) is 4.79 Å². The summed E-state index contributed by atoms with van der Waals surface area (Å²) in [5, 5.41) is 0.823. The van der Waals surface area contributed by atoms with Crippen LogP contribution in [0.3, 0.4) is 0 Å². The monoisotopic (exact) mass is 344 g/mol. The first-order valence-electron chi connectivity index (χ1n) is 9.58. The topological polar surface area (TPSA) is 45.0 Å². The Labute approximate surface area is 150 Å². The molecule has 0 saturated carbocycles. The fourth-order valence-corrected chi connectivity index (χ4v) is 3.89. The van der Waals surface area contributed by atoms with Crippen molar-refractivity contribution in [2.45, 2.75) is 27.3 Å². The summed E-state index contributed by atoms with van der Waals surface area (Å²) in [5.41, 5.74) is 4.26. The van der Waals surface area contributed by atoms with Crippen LogP contribution in [-0.4, -0.2) is 51.3 Å². The molecule has 2 heterocycles. The van der Waals surface area contributed by atoms with E-state index in [-0.39, 0.29) is 5.43 Å². The summed E-state index contributed by atoms with van der Waals surface area (Å²) in [5.74, 6) is 0. The van der Waals surface area contributed by atoms with Crippen molar-refractivity contribution in [2.24, 2.45) is 0 Å². The number of pyridine rings is 1. The zero-order chi connectivity index (χ0) is 18.0. The fraction of sp³-hybridized carbons (Fsp3) is 0.550. The van der Waals surface area contributed by atoms with Crippen LogP contribution in [0.5, 0.6) is 0 Å². The Morgan fingerprint density at radius 2 is 1.80 bits per heavy atom. The first-order chi connectivity index (χ1) is 12.0. The molecule has 1 aliphatic heterocycles. The molecule has 0 spiro atoms. The second-order valence-electron chi connectivity index (χ2n) is 7.34. The van der Waals surface area contributed by atoms with Crippen LogP contribution in [0.1, 0.15) is 25.1 Å². The molecule has 0 amide bonds. The fourth-order valence-electron chi connectivity index (χ4n) is 3.89. The number of anilines is 1. The summed E-state index contributed by atoms with van der Waals surface area (Å²) in [6.45, 7) is 13.7. The Bertz CT molecular complexity index is 786. The zero-order valence-corrected chi connectivity index (χ0v) is 16.0. The predicted octanol–water partition coefficient (Wildman–Crippen LogP) is -0.404. The molecule has 5 heteroatoms. The number of benzene rings is 1. The Balaban J connectivity index is 1.97. The van der Waals surface area contributed by atoms with Gasteiger partial charge < -0.3 is 19.7 Å². The van der Waals surface area contributed by atoms with Gasteiger partial charge in [0.2, 0.25) is 0 Å². The number of hydrogen-bond acceptors (Lipinski definition) is 2. The second kappa shape index (κ2) is 7.58.